The fourth-order valence-electron chi connectivity index (χ4n) is 1.93. The van der Waals surface area contributed by atoms with E-state index in [1.807, 2.05) is 0 Å². The van der Waals surface area contributed by atoms with Gasteiger partial charge in [-0.3, -0.25) is 10.1 Å². The van der Waals surface area contributed by atoms with E-state index in [1.54, 1.807) is 24.3 Å². The Hall–Kier alpha value is -4.24. The van der Waals surface area contributed by atoms with Gasteiger partial charge in [0.25, 0.3) is 5.69 Å². The molecule has 0 unspecified atom stereocenters. The van der Waals surface area contributed by atoms with Gasteiger partial charge in [0.15, 0.2) is 5.76 Å². The Morgan fingerprint density at radius 1 is 1.23 bits per heavy atom. The van der Waals surface area contributed by atoms with Gasteiger partial charge in [0.05, 0.1) is 17.6 Å². The van der Waals surface area contributed by atoms with Crippen molar-refractivity contribution in [3.8, 4) is 17.9 Å². The quantitative estimate of drug-likeness (QED) is 0.284. The number of ether oxygens (including phenoxy) is 1. The number of hydrogen-bond acceptors (Lipinski definition) is 8. The Bertz CT molecular complexity index is 982. The standard InChI is InChI=1S/C17H11N5O4/c1-26-14-5-2-11(3-6-14)17(23)16(10-19)21-20-15-7-4-13(22(24)25)8-12(15)9-18/h2-8,23H,1H3/b17-16+,21-20+. The fraction of sp³-hybridized carbons (Fsp3) is 0.0588. The van der Waals surface area contributed by atoms with Gasteiger partial charge in [0.1, 0.15) is 23.6 Å². The van der Waals surface area contributed by atoms with Gasteiger partial charge >= 0.3 is 0 Å². The molecule has 0 bridgehead atoms. The molecule has 26 heavy (non-hydrogen) atoms. The molecule has 0 saturated heterocycles. The molecular weight excluding hydrogens is 338 g/mol. The van der Waals surface area contributed by atoms with E-state index in [4.69, 9.17) is 10.00 Å². The number of nitrogens with zero attached hydrogens (tertiary/aromatic N) is 5. The number of nitro groups is 1. The van der Waals surface area contributed by atoms with E-state index in [0.29, 0.717) is 11.3 Å². The molecule has 9 nitrogen and oxygen atoms in total. The summed E-state index contributed by atoms with van der Waals surface area (Å²) in [6.45, 7) is 0. The zero-order chi connectivity index (χ0) is 19.1. The molecule has 128 valence electrons. The summed E-state index contributed by atoms with van der Waals surface area (Å²) in [6, 6.07) is 13.2. The summed E-state index contributed by atoms with van der Waals surface area (Å²) in [5.74, 6) is 0.172. The molecule has 0 radical (unpaired) electrons. The highest BCUT2D eigenvalue weighted by atomic mass is 16.6. The lowest BCUT2D eigenvalue weighted by Gasteiger charge is -2.03. The van der Waals surface area contributed by atoms with Crippen LogP contribution in [0.2, 0.25) is 0 Å². The average Bonchev–Trinajstić information content (AvgIpc) is 2.68. The normalized spacial score (nSPS) is 11.3. The molecule has 2 rings (SSSR count). The second-order valence-electron chi connectivity index (χ2n) is 4.81. The van der Waals surface area contributed by atoms with Gasteiger partial charge < -0.3 is 9.84 Å². The number of nitriles is 2. The van der Waals surface area contributed by atoms with Crippen LogP contribution in [0.15, 0.2) is 58.4 Å². The maximum atomic E-state index is 10.7. The monoisotopic (exact) mass is 349 g/mol. The lowest BCUT2D eigenvalue weighted by atomic mass is 10.1. The Labute approximate surface area is 147 Å². The van der Waals surface area contributed by atoms with Crippen molar-refractivity contribution in [2.24, 2.45) is 10.2 Å². The van der Waals surface area contributed by atoms with E-state index in [1.165, 1.54) is 25.3 Å². The first-order valence-electron chi connectivity index (χ1n) is 7.08. The van der Waals surface area contributed by atoms with Gasteiger partial charge in [-0.2, -0.15) is 10.5 Å². The van der Waals surface area contributed by atoms with Crippen LogP contribution in [0, 0.1) is 32.8 Å². The summed E-state index contributed by atoms with van der Waals surface area (Å²) in [5.41, 5.74) is -0.363. The Morgan fingerprint density at radius 2 is 1.92 bits per heavy atom. The third-order valence-electron chi connectivity index (χ3n) is 3.26. The minimum atomic E-state index is -0.641. The average molecular weight is 349 g/mol. The molecule has 0 aliphatic rings. The van der Waals surface area contributed by atoms with Crippen molar-refractivity contribution < 1.29 is 14.8 Å². The van der Waals surface area contributed by atoms with Crippen LogP contribution in [-0.4, -0.2) is 17.1 Å². The summed E-state index contributed by atoms with van der Waals surface area (Å²) in [6.07, 6.45) is 0. The van der Waals surface area contributed by atoms with E-state index in [2.05, 4.69) is 10.2 Å². The fourth-order valence-corrected chi connectivity index (χ4v) is 1.93. The third-order valence-corrected chi connectivity index (χ3v) is 3.26. The van der Waals surface area contributed by atoms with Crippen molar-refractivity contribution >= 4 is 17.1 Å². The van der Waals surface area contributed by atoms with Crippen LogP contribution < -0.4 is 4.74 Å². The number of non-ortho nitro benzene ring substituents is 1. The summed E-state index contributed by atoms with van der Waals surface area (Å²) in [4.78, 5) is 10.1. The summed E-state index contributed by atoms with van der Waals surface area (Å²) in [7, 11) is 1.50. The maximum absolute atomic E-state index is 10.7. The van der Waals surface area contributed by atoms with Gasteiger partial charge in [-0.05, 0) is 30.3 Å². The van der Waals surface area contributed by atoms with Gasteiger partial charge in [-0.1, -0.05) is 0 Å². The summed E-state index contributed by atoms with van der Waals surface area (Å²) < 4.78 is 5.01. The smallest absolute Gasteiger partial charge is 0.270 e. The predicted molar refractivity (Wildman–Crippen MR) is 90.5 cm³/mol. The first kappa shape index (κ1) is 18.1. The van der Waals surface area contributed by atoms with Crippen LogP contribution in [-0.2, 0) is 0 Å². The largest absolute Gasteiger partial charge is 0.504 e. The molecule has 2 aromatic carbocycles. The SMILES string of the molecule is COc1ccc(/C(O)=C(C#N)\N=N\c2ccc([N+](=O)[O-])cc2C#N)cc1. The van der Waals surface area contributed by atoms with E-state index in [9.17, 15) is 20.5 Å². The number of hydrogen-bond donors (Lipinski definition) is 1. The number of methoxy groups -OCH3 is 1. The number of benzene rings is 2. The van der Waals surface area contributed by atoms with Crippen molar-refractivity contribution in [2.75, 3.05) is 7.11 Å². The van der Waals surface area contributed by atoms with Gasteiger partial charge in [-0.15, -0.1) is 10.2 Å². The first-order valence-corrected chi connectivity index (χ1v) is 7.08. The number of aliphatic hydroxyl groups excluding tert-OH is 1. The van der Waals surface area contributed by atoms with Crippen LogP contribution >= 0.6 is 0 Å². The van der Waals surface area contributed by atoms with Crippen LogP contribution in [0.4, 0.5) is 11.4 Å². The first-order chi connectivity index (χ1) is 12.5. The molecule has 2 aromatic rings. The highest BCUT2D eigenvalue weighted by molar-refractivity contribution is 5.65. The summed E-state index contributed by atoms with van der Waals surface area (Å²) in [5, 5.41) is 46.6. The lowest BCUT2D eigenvalue weighted by molar-refractivity contribution is -0.384. The highest BCUT2D eigenvalue weighted by Gasteiger charge is 2.12. The molecule has 0 aromatic heterocycles. The number of rotatable bonds is 5. The molecular formula is C17H11N5O4. The van der Waals surface area contributed by atoms with Gasteiger partial charge in [0, 0.05) is 17.7 Å². The molecule has 0 fully saturated rings. The van der Waals surface area contributed by atoms with Crippen molar-refractivity contribution in [1.29, 1.82) is 10.5 Å². The number of nitro benzene ring substituents is 1. The number of allylic oxidation sites excluding steroid dienone is 1. The Balaban J connectivity index is 2.39. The number of azo groups is 1. The summed E-state index contributed by atoms with van der Waals surface area (Å²) >= 11 is 0. The van der Waals surface area contributed by atoms with Crippen LogP contribution in [0.3, 0.4) is 0 Å². The topological polar surface area (TPSA) is 145 Å². The third kappa shape index (κ3) is 3.99. The van der Waals surface area contributed by atoms with Crippen molar-refractivity contribution in [1.82, 2.24) is 0 Å². The Morgan fingerprint density at radius 3 is 2.46 bits per heavy atom. The zero-order valence-corrected chi connectivity index (χ0v) is 13.4. The number of aliphatic hydroxyl groups is 1. The maximum Gasteiger partial charge on any atom is 0.270 e. The second kappa shape index (κ2) is 8.04. The molecule has 1 N–H and O–H groups in total. The van der Waals surface area contributed by atoms with E-state index < -0.39 is 10.7 Å². The molecule has 0 aliphatic carbocycles. The van der Waals surface area contributed by atoms with Crippen LogP contribution in [0.5, 0.6) is 5.75 Å². The highest BCUT2D eigenvalue weighted by Crippen LogP contribution is 2.26. The van der Waals surface area contributed by atoms with Gasteiger partial charge in [-0.25, -0.2) is 0 Å². The molecule has 0 heterocycles. The van der Waals surface area contributed by atoms with Crippen molar-refractivity contribution in [2.45, 2.75) is 0 Å². The molecule has 9 heteroatoms. The molecule has 0 amide bonds. The minimum Gasteiger partial charge on any atom is -0.504 e. The molecule has 0 atom stereocenters. The van der Waals surface area contributed by atoms with E-state index in [0.717, 1.165) is 12.1 Å². The van der Waals surface area contributed by atoms with Crippen LogP contribution in [0.1, 0.15) is 11.1 Å². The van der Waals surface area contributed by atoms with E-state index in [-0.39, 0.29) is 22.6 Å². The van der Waals surface area contributed by atoms with Crippen molar-refractivity contribution in [3.63, 3.8) is 0 Å². The van der Waals surface area contributed by atoms with Gasteiger partial charge in [0.2, 0.25) is 5.70 Å². The molecule has 0 spiro atoms. The zero-order valence-electron chi connectivity index (χ0n) is 13.4. The predicted octanol–water partition coefficient (Wildman–Crippen LogP) is 4.01. The molecule has 0 aliphatic heterocycles. The van der Waals surface area contributed by atoms with E-state index >= 15 is 0 Å². The molecule has 0 saturated carbocycles. The second-order valence-corrected chi connectivity index (χ2v) is 4.81. The van der Waals surface area contributed by atoms with Crippen molar-refractivity contribution in [3.05, 3.63) is 69.4 Å². The van der Waals surface area contributed by atoms with Crippen LogP contribution in [0.25, 0.3) is 5.76 Å². The minimum absolute atomic E-state index is 0.0355. The Kier molecular flexibility index (Phi) is 5.60. The lowest BCUT2D eigenvalue weighted by Crippen LogP contribution is -1.90.